The number of rotatable bonds is 4. The van der Waals surface area contributed by atoms with Gasteiger partial charge in [-0.1, -0.05) is 0 Å². The van der Waals surface area contributed by atoms with Gasteiger partial charge in [0.2, 0.25) is 0 Å². The first-order valence-corrected chi connectivity index (χ1v) is 4.03. The molecule has 14 heavy (non-hydrogen) atoms. The predicted octanol–water partition coefficient (Wildman–Crippen LogP) is 0.895. The van der Waals surface area contributed by atoms with Gasteiger partial charge in [0.25, 0.3) is 0 Å². The smallest absolute Gasteiger partial charge is 0.328 e. The largest absolute Gasteiger partial charge is 0.478 e. The number of nitrogens with zero attached hydrogens (tertiary/aromatic N) is 3. The van der Waals surface area contributed by atoms with Crippen LogP contribution < -0.4 is 0 Å². The molecule has 0 bridgehead atoms. The third-order valence-electron chi connectivity index (χ3n) is 1.52. The summed E-state index contributed by atoms with van der Waals surface area (Å²) in [7, 11) is 0. The molecule has 0 amide bonds. The lowest BCUT2D eigenvalue weighted by Gasteiger charge is -1.92. The van der Waals surface area contributed by atoms with Crippen molar-refractivity contribution in [3.8, 4) is 6.07 Å². The Hall–Kier alpha value is -2.09. The number of aromatic nitrogens is 2. The molecule has 0 aromatic carbocycles. The van der Waals surface area contributed by atoms with Crippen molar-refractivity contribution in [3.63, 3.8) is 0 Å². The van der Waals surface area contributed by atoms with Gasteiger partial charge in [-0.3, -0.25) is 4.68 Å². The lowest BCUT2D eigenvalue weighted by Crippen LogP contribution is -1.96. The SMILES string of the molecule is N#CCCn1cc(C=CC(=O)O)cn1. The minimum atomic E-state index is -0.991. The predicted molar refractivity (Wildman–Crippen MR) is 49.1 cm³/mol. The van der Waals surface area contributed by atoms with Crippen LogP contribution in [0.15, 0.2) is 18.5 Å². The lowest BCUT2D eigenvalue weighted by atomic mass is 10.3. The Morgan fingerprint density at radius 2 is 2.57 bits per heavy atom. The molecule has 0 radical (unpaired) electrons. The van der Waals surface area contributed by atoms with E-state index in [1.807, 2.05) is 6.07 Å². The first kappa shape index (κ1) is 9.99. The highest BCUT2D eigenvalue weighted by Crippen LogP contribution is 2.00. The summed E-state index contributed by atoms with van der Waals surface area (Å²) in [4.78, 5) is 10.2. The van der Waals surface area contributed by atoms with E-state index >= 15 is 0 Å². The molecule has 72 valence electrons. The minimum absolute atomic E-state index is 0.393. The lowest BCUT2D eigenvalue weighted by molar-refractivity contribution is -0.131. The Kier molecular flexibility index (Phi) is 3.44. The number of nitriles is 1. The average Bonchev–Trinajstić information content (AvgIpc) is 2.59. The van der Waals surface area contributed by atoms with Crippen LogP contribution in [0, 0.1) is 11.3 Å². The van der Waals surface area contributed by atoms with Crippen molar-refractivity contribution in [2.45, 2.75) is 13.0 Å². The first-order valence-electron chi connectivity index (χ1n) is 4.03. The molecule has 1 aromatic heterocycles. The second-order valence-electron chi connectivity index (χ2n) is 2.62. The highest BCUT2D eigenvalue weighted by molar-refractivity contribution is 5.85. The van der Waals surface area contributed by atoms with Gasteiger partial charge in [-0.15, -0.1) is 0 Å². The standard InChI is InChI=1S/C9H9N3O2/c10-4-1-5-12-7-8(6-11-12)2-3-9(13)14/h2-3,6-7H,1,5H2,(H,13,14). The van der Waals surface area contributed by atoms with Crippen LogP contribution in [0.3, 0.4) is 0 Å². The summed E-state index contributed by atoms with van der Waals surface area (Å²) < 4.78 is 1.60. The van der Waals surface area contributed by atoms with Gasteiger partial charge in [-0.2, -0.15) is 10.4 Å². The summed E-state index contributed by atoms with van der Waals surface area (Å²) in [5, 5.41) is 20.6. The maximum absolute atomic E-state index is 10.2. The molecule has 0 spiro atoms. The number of aliphatic carboxylic acids is 1. The number of carboxylic acid groups (broad SMARTS) is 1. The summed E-state index contributed by atoms with van der Waals surface area (Å²) in [6.45, 7) is 0.525. The summed E-state index contributed by atoms with van der Waals surface area (Å²) in [5.74, 6) is -0.991. The first-order chi connectivity index (χ1) is 6.72. The van der Waals surface area contributed by atoms with Gasteiger partial charge in [0.1, 0.15) is 0 Å². The zero-order valence-corrected chi connectivity index (χ0v) is 7.42. The maximum Gasteiger partial charge on any atom is 0.328 e. The Morgan fingerprint density at radius 1 is 1.79 bits per heavy atom. The van der Waals surface area contributed by atoms with Crippen LogP contribution in [0.25, 0.3) is 6.08 Å². The number of carbonyl (C=O) groups is 1. The molecule has 0 aliphatic rings. The molecule has 1 heterocycles. The summed E-state index contributed by atoms with van der Waals surface area (Å²) >= 11 is 0. The maximum atomic E-state index is 10.2. The van der Waals surface area contributed by atoms with Gasteiger partial charge in [0.15, 0.2) is 0 Å². The highest BCUT2D eigenvalue weighted by Gasteiger charge is 1.95. The Balaban J connectivity index is 2.60. The van der Waals surface area contributed by atoms with Gasteiger partial charge in [-0.05, 0) is 6.08 Å². The van der Waals surface area contributed by atoms with Gasteiger partial charge >= 0.3 is 5.97 Å². The number of aryl methyl sites for hydroxylation is 1. The van der Waals surface area contributed by atoms with Gasteiger partial charge < -0.3 is 5.11 Å². The van der Waals surface area contributed by atoms with E-state index in [-0.39, 0.29) is 0 Å². The Morgan fingerprint density at radius 3 is 3.21 bits per heavy atom. The molecule has 5 nitrogen and oxygen atoms in total. The fourth-order valence-electron chi connectivity index (χ4n) is 0.920. The molecular weight excluding hydrogens is 182 g/mol. The monoisotopic (exact) mass is 191 g/mol. The van der Waals surface area contributed by atoms with Crippen molar-refractivity contribution in [1.29, 1.82) is 5.26 Å². The topological polar surface area (TPSA) is 78.9 Å². The van der Waals surface area contributed by atoms with Crippen LogP contribution in [0.5, 0.6) is 0 Å². The van der Waals surface area contributed by atoms with E-state index in [4.69, 9.17) is 10.4 Å². The summed E-state index contributed by atoms with van der Waals surface area (Å²) in [6.07, 6.45) is 6.14. The summed E-state index contributed by atoms with van der Waals surface area (Å²) in [6, 6.07) is 2.00. The van der Waals surface area contributed by atoms with E-state index in [2.05, 4.69) is 5.10 Å². The van der Waals surface area contributed by atoms with Crippen LogP contribution in [0.4, 0.5) is 0 Å². The quantitative estimate of drug-likeness (QED) is 0.717. The normalized spacial score (nSPS) is 10.2. The molecule has 0 fully saturated rings. The van der Waals surface area contributed by atoms with Crippen LogP contribution in [-0.2, 0) is 11.3 Å². The van der Waals surface area contributed by atoms with Crippen molar-refractivity contribution in [2.24, 2.45) is 0 Å². The number of hydrogen-bond donors (Lipinski definition) is 1. The van der Waals surface area contributed by atoms with E-state index in [0.717, 1.165) is 6.08 Å². The fourth-order valence-corrected chi connectivity index (χ4v) is 0.920. The van der Waals surface area contributed by atoms with E-state index in [0.29, 0.717) is 18.5 Å². The summed E-state index contributed by atoms with van der Waals surface area (Å²) in [5.41, 5.74) is 0.713. The van der Waals surface area contributed by atoms with Crippen molar-refractivity contribution in [3.05, 3.63) is 24.0 Å². The van der Waals surface area contributed by atoms with E-state index in [1.165, 1.54) is 6.08 Å². The second-order valence-corrected chi connectivity index (χ2v) is 2.62. The molecule has 1 N–H and O–H groups in total. The minimum Gasteiger partial charge on any atom is -0.478 e. The average molecular weight is 191 g/mol. The van der Waals surface area contributed by atoms with Crippen molar-refractivity contribution in [2.75, 3.05) is 0 Å². The zero-order valence-electron chi connectivity index (χ0n) is 7.42. The molecule has 1 aromatic rings. The zero-order chi connectivity index (χ0) is 10.4. The Labute approximate surface area is 80.9 Å². The van der Waals surface area contributed by atoms with Crippen molar-refractivity contribution in [1.82, 2.24) is 9.78 Å². The fraction of sp³-hybridized carbons (Fsp3) is 0.222. The van der Waals surface area contributed by atoms with E-state index < -0.39 is 5.97 Å². The molecule has 0 unspecified atom stereocenters. The number of hydrogen-bond acceptors (Lipinski definition) is 3. The van der Waals surface area contributed by atoms with Crippen LogP contribution in [0.2, 0.25) is 0 Å². The van der Waals surface area contributed by atoms with Crippen molar-refractivity contribution >= 4 is 12.0 Å². The molecule has 1 rings (SSSR count). The third kappa shape index (κ3) is 3.11. The molecule has 0 aliphatic heterocycles. The third-order valence-corrected chi connectivity index (χ3v) is 1.52. The molecule has 0 saturated carbocycles. The Bertz CT molecular complexity index is 387. The second kappa shape index (κ2) is 4.82. The van der Waals surface area contributed by atoms with Crippen molar-refractivity contribution < 1.29 is 9.90 Å². The molecule has 0 atom stereocenters. The van der Waals surface area contributed by atoms with Crippen LogP contribution in [0.1, 0.15) is 12.0 Å². The van der Waals surface area contributed by atoms with Gasteiger partial charge in [0, 0.05) is 17.8 Å². The van der Waals surface area contributed by atoms with Crippen LogP contribution in [-0.4, -0.2) is 20.9 Å². The highest BCUT2D eigenvalue weighted by atomic mass is 16.4. The van der Waals surface area contributed by atoms with E-state index in [9.17, 15) is 4.79 Å². The number of carboxylic acids is 1. The molecule has 0 saturated heterocycles. The molecule has 5 heteroatoms. The van der Waals surface area contributed by atoms with Crippen LogP contribution >= 0.6 is 0 Å². The van der Waals surface area contributed by atoms with Gasteiger partial charge in [-0.25, -0.2) is 4.79 Å². The van der Waals surface area contributed by atoms with Gasteiger partial charge in [0.05, 0.1) is 25.2 Å². The molecule has 0 aliphatic carbocycles. The van der Waals surface area contributed by atoms with E-state index in [1.54, 1.807) is 17.1 Å². The molecular formula is C9H9N3O2.